The van der Waals surface area contributed by atoms with Crippen molar-refractivity contribution in [2.45, 2.75) is 57.5 Å². The molecule has 5 nitrogen and oxygen atoms in total. The first-order valence-electron chi connectivity index (χ1n) is 7.33. The molecular formula is C14H26N2O3S. The van der Waals surface area contributed by atoms with Crippen LogP contribution in [0.4, 0.5) is 4.79 Å². The van der Waals surface area contributed by atoms with Crippen molar-refractivity contribution in [3.05, 3.63) is 0 Å². The fourth-order valence-corrected chi connectivity index (χ4v) is 3.04. The van der Waals surface area contributed by atoms with Gasteiger partial charge in [0.2, 0.25) is 0 Å². The first kappa shape index (κ1) is 17.1. The van der Waals surface area contributed by atoms with E-state index >= 15 is 0 Å². The molecule has 0 spiro atoms. The Morgan fingerprint density at radius 1 is 1.30 bits per heavy atom. The maximum Gasteiger partial charge on any atom is 0.326 e. The number of carbonyl (C=O) groups is 2. The zero-order chi connectivity index (χ0) is 15.0. The second-order valence-corrected chi connectivity index (χ2v) is 6.50. The third-order valence-electron chi connectivity index (χ3n) is 3.89. The van der Waals surface area contributed by atoms with Gasteiger partial charge >= 0.3 is 12.0 Å². The lowest BCUT2D eigenvalue weighted by Crippen LogP contribution is -2.50. The van der Waals surface area contributed by atoms with E-state index < -0.39 is 12.0 Å². The fourth-order valence-electron chi connectivity index (χ4n) is 2.57. The van der Waals surface area contributed by atoms with Crippen molar-refractivity contribution in [3.63, 3.8) is 0 Å². The van der Waals surface area contributed by atoms with E-state index in [-0.39, 0.29) is 12.1 Å². The summed E-state index contributed by atoms with van der Waals surface area (Å²) in [6.45, 7) is 2.15. The predicted octanol–water partition coefficient (Wildman–Crippen LogP) is 2.46. The topological polar surface area (TPSA) is 78.4 Å². The number of carboxylic acid groups (broad SMARTS) is 1. The van der Waals surface area contributed by atoms with Gasteiger partial charge in [-0.15, -0.1) is 0 Å². The molecule has 1 aliphatic carbocycles. The van der Waals surface area contributed by atoms with Gasteiger partial charge < -0.3 is 15.7 Å². The SMILES string of the molecule is CSCCC(NC(=O)NC1CCCCCC1C)C(=O)O. The Balaban J connectivity index is 2.45. The van der Waals surface area contributed by atoms with Gasteiger partial charge in [0.05, 0.1) is 0 Å². The van der Waals surface area contributed by atoms with Crippen LogP contribution in [0.15, 0.2) is 0 Å². The molecule has 0 aromatic carbocycles. The fraction of sp³-hybridized carbons (Fsp3) is 0.857. The molecule has 1 aliphatic rings. The monoisotopic (exact) mass is 302 g/mol. The molecule has 0 aliphatic heterocycles. The third-order valence-corrected chi connectivity index (χ3v) is 4.54. The standard InChI is InChI=1S/C14H26N2O3S/c1-10-6-4-3-5-7-11(10)15-14(19)16-12(13(17)18)8-9-20-2/h10-12H,3-9H2,1-2H3,(H,17,18)(H2,15,16,19). The molecule has 0 saturated heterocycles. The van der Waals surface area contributed by atoms with Crippen LogP contribution < -0.4 is 10.6 Å². The highest BCUT2D eigenvalue weighted by Crippen LogP contribution is 2.22. The lowest BCUT2D eigenvalue weighted by atomic mass is 9.97. The van der Waals surface area contributed by atoms with Gasteiger partial charge in [-0.05, 0) is 37.2 Å². The first-order chi connectivity index (χ1) is 9.54. The number of urea groups is 1. The van der Waals surface area contributed by atoms with Crippen molar-refractivity contribution in [3.8, 4) is 0 Å². The van der Waals surface area contributed by atoms with E-state index in [1.807, 2.05) is 6.26 Å². The number of carbonyl (C=O) groups excluding carboxylic acids is 1. The molecule has 0 radical (unpaired) electrons. The van der Waals surface area contributed by atoms with Crippen LogP contribution in [0.2, 0.25) is 0 Å². The number of hydrogen-bond donors (Lipinski definition) is 3. The minimum Gasteiger partial charge on any atom is -0.480 e. The lowest BCUT2D eigenvalue weighted by Gasteiger charge is -2.24. The minimum atomic E-state index is -0.969. The molecule has 0 bridgehead atoms. The largest absolute Gasteiger partial charge is 0.480 e. The first-order valence-corrected chi connectivity index (χ1v) is 8.72. The molecule has 3 unspecified atom stereocenters. The summed E-state index contributed by atoms with van der Waals surface area (Å²) in [6.07, 6.45) is 8.04. The molecule has 6 heteroatoms. The quantitative estimate of drug-likeness (QED) is 0.659. The number of aliphatic carboxylic acids is 1. The maximum atomic E-state index is 12.0. The van der Waals surface area contributed by atoms with E-state index in [2.05, 4.69) is 17.6 Å². The van der Waals surface area contributed by atoms with Gasteiger partial charge in [0.15, 0.2) is 0 Å². The van der Waals surface area contributed by atoms with Crippen molar-refractivity contribution in [1.82, 2.24) is 10.6 Å². The molecule has 1 fully saturated rings. The van der Waals surface area contributed by atoms with Crippen LogP contribution in [-0.2, 0) is 4.79 Å². The number of nitrogens with one attached hydrogen (secondary N) is 2. The van der Waals surface area contributed by atoms with Crippen molar-refractivity contribution in [2.24, 2.45) is 5.92 Å². The number of rotatable bonds is 6. The Hall–Kier alpha value is -0.910. The zero-order valence-corrected chi connectivity index (χ0v) is 13.2. The highest BCUT2D eigenvalue weighted by molar-refractivity contribution is 7.98. The van der Waals surface area contributed by atoms with Crippen LogP contribution in [-0.4, -0.2) is 41.2 Å². The van der Waals surface area contributed by atoms with E-state index in [1.54, 1.807) is 11.8 Å². The molecule has 0 aromatic rings. The highest BCUT2D eigenvalue weighted by Gasteiger charge is 2.24. The molecule has 3 atom stereocenters. The summed E-state index contributed by atoms with van der Waals surface area (Å²) in [5.41, 5.74) is 0. The molecular weight excluding hydrogens is 276 g/mol. The van der Waals surface area contributed by atoms with Gasteiger partial charge in [-0.1, -0.05) is 26.2 Å². The molecule has 1 rings (SSSR count). The molecule has 3 N–H and O–H groups in total. The molecule has 0 aromatic heterocycles. The van der Waals surface area contributed by atoms with E-state index in [0.717, 1.165) is 25.0 Å². The van der Waals surface area contributed by atoms with Gasteiger partial charge in [-0.2, -0.15) is 11.8 Å². The Labute approximate surface area is 125 Å². The summed E-state index contributed by atoms with van der Waals surface area (Å²) < 4.78 is 0. The third kappa shape index (κ3) is 6.03. The van der Waals surface area contributed by atoms with Crippen molar-refractivity contribution in [2.75, 3.05) is 12.0 Å². The van der Waals surface area contributed by atoms with Gasteiger partial charge in [0.25, 0.3) is 0 Å². The van der Waals surface area contributed by atoms with Gasteiger partial charge in [0, 0.05) is 6.04 Å². The highest BCUT2D eigenvalue weighted by atomic mass is 32.2. The summed E-state index contributed by atoms with van der Waals surface area (Å²) in [5.74, 6) is 0.206. The van der Waals surface area contributed by atoms with Crippen LogP contribution in [0, 0.1) is 5.92 Å². The summed E-state index contributed by atoms with van der Waals surface area (Å²) >= 11 is 1.58. The van der Waals surface area contributed by atoms with Crippen molar-refractivity contribution < 1.29 is 14.7 Å². The average molecular weight is 302 g/mol. The average Bonchev–Trinajstić information content (AvgIpc) is 2.59. The Bertz CT molecular complexity index is 326. The van der Waals surface area contributed by atoms with Crippen molar-refractivity contribution >= 4 is 23.8 Å². The summed E-state index contributed by atoms with van der Waals surface area (Å²) in [5, 5.41) is 14.6. The number of hydrogen-bond acceptors (Lipinski definition) is 3. The zero-order valence-electron chi connectivity index (χ0n) is 12.4. The Morgan fingerprint density at radius 3 is 2.65 bits per heavy atom. The second kappa shape index (κ2) is 9.10. The Kier molecular flexibility index (Phi) is 7.80. The van der Waals surface area contributed by atoms with Gasteiger partial charge in [-0.25, -0.2) is 9.59 Å². The maximum absolute atomic E-state index is 12.0. The molecule has 1 saturated carbocycles. The van der Waals surface area contributed by atoms with Crippen LogP contribution in [0.25, 0.3) is 0 Å². The second-order valence-electron chi connectivity index (χ2n) is 5.51. The van der Waals surface area contributed by atoms with E-state index in [9.17, 15) is 9.59 Å². The van der Waals surface area contributed by atoms with E-state index in [4.69, 9.17) is 5.11 Å². The molecule has 2 amide bonds. The molecule has 116 valence electrons. The van der Waals surface area contributed by atoms with Crippen LogP contribution in [0.5, 0.6) is 0 Å². The number of carboxylic acids is 1. The van der Waals surface area contributed by atoms with E-state index in [0.29, 0.717) is 12.3 Å². The number of thioether (sulfide) groups is 1. The summed E-state index contributed by atoms with van der Waals surface area (Å²) in [4.78, 5) is 23.1. The van der Waals surface area contributed by atoms with Crippen LogP contribution in [0.1, 0.15) is 45.4 Å². The molecule has 0 heterocycles. The van der Waals surface area contributed by atoms with Gasteiger partial charge in [-0.3, -0.25) is 0 Å². The van der Waals surface area contributed by atoms with E-state index in [1.165, 1.54) is 12.8 Å². The summed E-state index contributed by atoms with van der Waals surface area (Å²) in [6, 6.07) is -0.992. The smallest absolute Gasteiger partial charge is 0.326 e. The van der Waals surface area contributed by atoms with Gasteiger partial charge in [0.1, 0.15) is 6.04 Å². The lowest BCUT2D eigenvalue weighted by molar-refractivity contribution is -0.139. The number of amides is 2. The Morgan fingerprint density at radius 2 is 2.00 bits per heavy atom. The van der Waals surface area contributed by atoms with Crippen molar-refractivity contribution in [1.29, 1.82) is 0 Å². The minimum absolute atomic E-state index is 0.160. The summed E-state index contributed by atoms with van der Waals surface area (Å²) in [7, 11) is 0. The van der Waals surface area contributed by atoms with Crippen LogP contribution >= 0.6 is 11.8 Å². The normalized spacial score (nSPS) is 24.5. The molecule has 20 heavy (non-hydrogen) atoms. The van der Waals surface area contributed by atoms with Crippen LogP contribution in [0.3, 0.4) is 0 Å². The predicted molar refractivity (Wildman–Crippen MR) is 82.1 cm³/mol.